The topological polar surface area (TPSA) is 97.3 Å². The predicted molar refractivity (Wildman–Crippen MR) is 155 cm³/mol. The van der Waals surface area contributed by atoms with Crippen molar-refractivity contribution in [2.24, 2.45) is 0 Å². The van der Waals surface area contributed by atoms with Gasteiger partial charge in [-0.1, -0.05) is 20.8 Å². The summed E-state index contributed by atoms with van der Waals surface area (Å²) in [6, 6.07) is 0.969. The van der Waals surface area contributed by atoms with Gasteiger partial charge in [-0.05, 0) is 77.8 Å². The Labute approximate surface area is 221 Å². The molecule has 0 spiro atoms. The number of carbonyl (C=O) groups excluding carboxylic acids is 1. The molecule has 0 aromatic heterocycles. The molecule has 0 saturated heterocycles. The Hall–Kier alpha value is 0.0975. The monoisotopic (exact) mass is 573 g/mol. The van der Waals surface area contributed by atoms with Crippen LogP contribution in [0.1, 0.15) is 33.6 Å². The lowest BCUT2D eigenvalue weighted by atomic mass is 10.2. The maximum Gasteiger partial charge on any atom is 0.315 e. The van der Waals surface area contributed by atoms with Gasteiger partial charge in [0, 0.05) is 13.7 Å². The molecule has 0 radical (unpaired) electrons. The van der Waals surface area contributed by atoms with Crippen molar-refractivity contribution < 1.29 is 36.6 Å². The fraction of sp³-hybridized carbons (Fsp3) is 0.957. The zero-order chi connectivity index (χ0) is 28.7. The molecule has 0 aliphatic carbocycles. The number of hydrogen-bond acceptors (Lipinski definition) is 7. The van der Waals surface area contributed by atoms with Crippen molar-refractivity contribution in [2.45, 2.75) is 105 Å². The van der Waals surface area contributed by atoms with Gasteiger partial charge in [0.15, 0.2) is 16.6 Å². The summed E-state index contributed by atoms with van der Waals surface area (Å²) in [7, 11) is -2.35. The van der Waals surface area contributed by atoms with Crippen molar-refractivity contribution in [3.8, 4) is 0 Å². The molecule has 0 bridgehead atoms. The summed E-state index contributed by atoms with van der Waals surface area (Å²) in [6.45, 7) is 26.9. The number of hydrogen-bond donors (Lipinski definition) is 1. The van der Waals surface area contributed by atoms with E-state index in [4.69, 9.17) is 17.1 Å². The van der Waals surface area contributed by atoms with Crippen molar-refractivity contribution in [1.82, 2.24) is 0 Å². The van der Waals surface area contributed by atoms with E-state index in [0.29, 0.717) is 13.0 Å². The summed E-state index contributed by atoms with van der Waals surface area (Å²) in [5, 5.41) is 19.6. The third-order valence-electron chi connectivity index (χ3n) is 4.25. The smallest absolute Gasteiger partial charge is 0.315 e. The average molecular weight is 574 g/mol. The molecule has 0 aliphatic heterocycles. The lowest BCUT2D eigenvalue weighted by molar-refractivity contribution is -0.887. The number of aliphatic hydroxyl groups excluding tert-OH is 1. The normalized spacial score (nSPS) is 15.2. The SMILES string of the molecule is CC.CCC(O)C[N+](C)(C)CC(=O)[O-].COCCC[Si](C)(O[Si](C)(C)C)O[Si](C)(C)O[Si](C)(C)C. The van der Waals surface area contributed by atoms with Gasteiger partial charge < -0.3 is 36.6 Å². The van der Waals surface area contributed by atoms with Crippen molar-refractivity contribution in [3.05, 3.63) is 0 Å². The molecule has 0 aliphatic rings. The zero-order valence-electron chi connectivity index (χ0n) is 25.7. The van der Waals surface area contributed by atoms with Gasteiger partial charge in [0.05, 0.1) is 20.1 Å². The van der Waals surface area contributed by atoms with Crippen LogP contribution in [0, 0.1) is 0 Å². The summed E-state index contributed by atoms with van der Waals surface area (Å²) in [5.41, 5.74) is 0. The molecule has 12 heteroatoms. The van der Waals surface area contributed by atoms with Crippen molar-refractivity contribution in [1.29, 1.82) is 0 Å². The Morgan fingerprint density at radius 1 is 0.914 bits per heavy atom. The molecular weight excluding hydrogens is 515 g/mol. The molecule has 0 fully saturated rings. The summed E-state index contributed by atoms with van der Waals surface area (Å²) < 4.78 is 24.8. The van der Waals surface area contributed by atoms with Crippen LogP contribution in [0.25, 0.3) is 0 Å². The molecular formula is C23H59NO7Si4. The maximum atomic E-state index is 10.3. The molecule has 2 atom stereocenters. The van der Waals surface area contributed by atoms with E-state index in [9.17, 15) is 15.0 Å². The number of methoxy groups -OCH3 is 1. The molecule has 0 aromatic carbocycles. The Balaban J connectivity index is -0.000000620. The molecule has 0 saturated carbocycles. The van der Waals surface area contributed by atoms with Gasteiger partial charge in [-0.2, -0.15) is 0 Å². The van der Waals surface area contributed by atoms with Gasteiger partial charge in [0.2, 0.25) is 0 Å². The number of carboxylic acids is 1. The molecule has 214 valence electrons. The second-order valence-corrected chi connectivity index (χ2v) is 28.3. The first-order valence-electron chi connectivity index (χ1n) is 12.8. The summed E-state index contributed by atoms with van der Waals surface area (Å²) in [6.07, 6.45) is 1.20. The Kier molecular flexibility index (Phi) is 19.9. The van der Waals surface area contributed by atoms with Crippen LogP contribution in [-0.4, -0.2) is 96.3 Å². The standard InChI is InChI=1S/C13H36O4Si4.C8H17NO3.C2H6/c1-14-12-11-13-21(10,16-19(5,6)7)17-20(8,9)15-18(2,3)4;1-4-7(10)5-9(2,3)6-8(11)12;1-2/h11-13H2,1-10H3;7,10H,4-6H2,1-3H3;1-2H3. The highest BCUT2D eigenvalue weighted by molar-refractivity contribution is 6.89. The van der Waals surface area contributed by atoms with Crippen LogP contribution in [0.5, 0.6) is 0 Å². The predicted octanol–water partition coefficient (Wildman–Crippen LogP) is 4.13. The van der Waals surface area contributed by atoms with Crippen molar-refractivity contribution in [2.75, 3.05) is 40.9 Å². The summed E-state index contributed by atoms with van der Waals surface area (Å²) in [4.78, 5) is 10.3. The fourth-order valence-electron chi connectivity index (χ4n) is 3.70. The highest BCUT2D eigenvalue weighted by Crippen LogP contribution is 2.27. The first kappa shape index (κ1) is 39.6. The fourth-order valence-corrected chi connectivity index (χ4v) is 21.6. The molecule has 35 heavy (non-hydrogen) atoms. The van der Waals surface area contributed by atoms with E-state index in [1.54, 1.807) is 21.2 Å². The van der Waals surface area contributed by atoms with Gasteiger partial charge in [0.1, 0.15) is 19.2 Å². The Morgan fingerprint density at radius 2 is 1.37 bits per heavy atom. The van der Waals surface area contributed by atoms with Crippen LogP contribution in [0.4, 0.5) is 0 Å². The minimum Gasteiger partial charge on any atom is -0.544 e. The van der Waals surface area contributed by atoms with Gasteiger partial charge in [-0.15, -0.1) is 0 Å². The second-order valence-electron chi connectivity index (χ2n) is 11.9. The zero-order valence-corrected chi connectivity index (χ0v) is 29.7. The number of nitrogens with zero attached hydrogens (tertiary/aromatic N) is 1. The van der Waals surface area contributed by atoms with Gasteiger partial charge in [-0.25, -0.2) is 0 Å². The Bertz CT molecular complexity index is 567. The maximum absolute atomic E-state index is 10.3. The van der Waals surface area contributed by atoms with E-state index in [1.165, 1.54) is 0 Å². The largest absolute Gasteiger partial charge is 0.544 e. The van der Waals surface area contributed by atoms with Crippen LogP contribution < -0.4 is 5.11 Å². The number of likely N-dealkylation sites (N-methyl/N-ethyl adjacent to an activating group) is 1. The number of ether oxygens (including phenoxy) is 1. The number of quaternary nitrogens is 1. The number of carbonyl (C=O) groups is 1. The summed E-state index contributed by atoms with van der Waals surface area (Å²) >= 11 is 0. The minimum absolute atomic E-state index is 0.0585. The molecule has 0 rings (SSSR count). The first-order chi connectivity index (χ1) is 15.6. The number of aliphatic carboxylic acids is 1. The van der Waals surface area contributed by atoms with Crippen molar-refractivity contribution >= 4 is 39.7 Å². The van der Waals surface area contributed by atoms with Crippen LogP contribution in [0.3, 0.4) is 0 Å². The minimum atomic E-state index is -2.22. The van der Waals surface area contributed by atoms with E-state index in [2.05, 4.69) is 58.9 Å². The summed E-state index contributed by atoms with van der Waals surface area (Å²) in [5.74, 6) is -1.08. The molecule has 8 nitrogen and oxygen atoms in total. The Morgan fingerprint density at radius 3 is 1.71 bits per heavy atom. The quantitative estimate of drug-likeness (QED) is 0.179. The van der Waals surface area contributed by atoms with Gasteiger partial charge in [-0.3, -0.25) is 0 Å². The van der Waals surface area contributed by atoms with Gasteiger partial charge >= 0.3 is 17.1 Å². The lowest BCUT2D eigenvalue weighted by Crippen LogP contribution is -2.56. The van der Waals surface area contributed by atoms with E-state index in [1.807, 2.05) is 20.8 Å². The second kappa shape index (κ2) is 17.6. The van der Waals surface area contributed by atoms with Crippen LogP contribution in [0.15, 0.2) is 0 Å². The van der Waals surface area contributed by atoms with Crippen LogP contribution in [0.2, 0.25) is 65.0 Å². The highest BCUT2D eigenvalue weighted by Gasteiger charge is 2.44. The van der Waals surface area contributed by atoms with E-state index in [-0.39, 0.29) is 11.0 Å². The molecule has 0 heterocycles. The van der Waals surface area contributed by atoms with Crippen LogP contribution in [-0.2, 0) is 21.9 Å². The molecule has 1 N–H and O–H groups in total. The number of aliphatic hydroxyl groups is 1. The average Bonchev–Trinajstić information content (AvgIpc) is 2.58. The van der Waals surface area contributed by atoms with Crippen molar-refractivity contribution in [3.63, 3.8) is 0 Å². The molecule has 0 amide bonds. The van der Waals surface area contributed by atoms with E-state index in [0.717, 1.165) is 19.1 Å². The third kappa shape index (κ3) is 27.0. The molecule has 0 aromatic rings. The van der Waals surface area contributed by atoms with Gasteiger partial charge in [0.25, 0.3) is 0 Å². The van der Waals surface area contributed by atoms with Crippen LogP contribution >= 0.6 is 0 Å². The number of carboxylic acid groups (broad SMARTS) is 1. The number of rotatable bonds is 15. The lowest BCUT2D eigenvalue weighted by Gasteiger charge is -2.41. The molecule has 2 unspecified atom stereocenters. The highest BCUT2D eigenvalue weighted by atomic mass is 28.5. The van der Waals surface area contributed by atoms with E-state index < -0.39 is 45.8 Å². The van der Waals surface area contributed by atoms with E-state index >= 15 is 0 Å². The third-order valence-corrected chi connectivity index (χ3v) is 17.8. The first-order valence-corrected chi connectivity index (χ1v) is 25.0.